The Bertz CT molecular complexity index is 618. The van der Waals surface area contributed by atoms with Crippen LogP contribution < -0.4 is 5.32 Å². The van der Waals surface area contributed by atoms with Crippen molar-refractivity contribution in [1.82, 2.24) is 5.32 Å². The Morgan fingerprint density at radius 2 is 1.90 bits per heavy atom. The number of carbonyl (C=O) groups excluding carboxylic acids is 3. The van der Waals surface area contributed by atoms with E-state index in [0.717, 1.165) is 0 Å². The van der Waals surface area contributed by atoms with Gasteiger partial charge in [-0.3, -0.25) is 14.4 Å². The van der Waals surface area contributed by atoms with Gasteiger partial charge in [0.05, 0.1) is 11.7 Å². The molecule has 0 bridgehead atoms. The lowest BCUT2D eigenvalue weighted by atomic mass is 9.92. The fraction of sp³-hybridized carbons (Fsp3) is 0.312. The van der Waals surface area contributed by atoms with Crippen LogP contribution in [0.1, 0.15) is 41.0 Å². The van der Waals surface area contributed by atoms with Crippen LogP contribution in [-0.2, 0) is 9.53 Å². The molecule has 1 unspecified atom stereocenters. The van der Waals surface area contributed by atoms with Crippen molar-refractivity contribution < 1.29 is 19.1 Å². The van der Waals surface area contributed by atoms with Crippen LogP contribution in [0, 0.1) is 0 Å². The molecule has 2 rings (SSSR count). The molecule has 1 aromatic carbocycles. The number of allylic oxidation sites excluding steroid dienone is 2. The van der Waals surface area contributed by atoms with Gasteiger partial charge in [-0.25, -0.2) is 0 Å². The summed E-state index contributed by atoms with van der Waals surface area (Å²) in [6.45, 7) is 3.40. The summed E-state index contributed by atoms with van der Waals surface area (Å²) in [6.07, 6.45) is 1.97. The van der Waals surface area contributed by atoms with Crippen molar-refractivity contribution >= 4 is 17.5 Å². The number of benzene rings is 1. The van der Waals surface area contributed by atoms with Crippen molar-refractivity contribution in [2.75, 3.05) is 6.61 Å². The molecule has 0 radical (unpaired) electrons. The van der Waals surface area contributed by atoms with E-state index in [1.807, 2.05) is 6.92 Å². The summed E-state index contributed by atoms with van der Waals surface area (Å²) < 4.78 is 4.94. The second kappa shape index (κ2) is 6.35. The summed E-state index contributed by atoms with van der Waals surface area (Å²) in [7, 11) is 0. The third-order valence-electron chi connectivity index (χ3n) is 3.30. The van der Waals surface area contributed by atoms with Gasteiger partial charge in [0, 0.05) is 24.1 Å². The SMILES string of the molecule is CCC(COC(C)=O)NC1=CC(=O)c2ccccc2C1=O. The number of esters is 1. The molecule has 0 amide bonds. The summed E-state index contributed by atoms with van der Waals surface area (Å²) in [6, 6.07) is 6.52. The first-order valence-corrected chi connectivity index (χ1v) is 6.82. The van der Waals surface area contributed by atoms with Crippen LogP contribution in [0.5, 0.6) is 0 Å². The molecule has 0 fully saturated rings. The predicted molar refractivity (Wildman–Crippen MR) is 77.0 cm³/mol. The molecule has 0 saturated heterocycles. The predicted octanol–water partition coefficient (Wildman–Crippen LogP) is 1.88. The third kappa shape index (κ3) is 3.37. The Morgan fingerprint density at radius 3 is 2.52 bits per heavy atom. The van der Waals surface area contributed by atoms with Crippen molar-refractivity contribution in [3.05, 3.63) is 47.2 Å². The van der Waals surface area contributed by atoms with Gasteiger partial charge in [0.15, 0.2) is 5.78 Å². The maximum atomic E-state index is 12.4. The lowest BCUT2D eigenvalue weighted by Gasteiger charge is -2.22. The second-order valence-corrected chi connectivity index (χ2v) is 4.85. The van der Waals surface area contributed by atoms with Crippen molar-refractivity contribution in [2.45, 2.75) is 26.3 Å². The van der Waals surface area contributed by atoms with Gasteiger partial charge >= 0.3 is 5.97 Å². The Labute approximate surface area is 123 Å². The molecule has 110 valence electrons. The molecule has 0 aromatic heterocycles. The maximum absolute atomic E-state index is 12.4. The average molecular weight is 287 g/mol. The molecule has 0 aliphatic heterocycles. The number of nitrogens with one attached hydrogen (secondary N) is 1. The van der Waals surface area contributed by atoms with Gasteiger partial charge in [-0.05, 0) is 6.42 Å². The standard InChI is InChI=1S/C16H17NO4/c1-3-11(9-21-10(2)18)17-14-8-15(19)12-6-4-5-7-13(12)16(14)20/h4-8,11,17H,3,9H2,1-2H3. The van der Waals surface area contributed by atoms with Crippen LogP contribution in [0.25, 0.3) is 0 Å². The first-order chi connectivity index (χ1) is 10.0. The Hall–Kier alpha value is -2.43. The fourth-order valence-corrected chi connectivity index (χ4v) is 2.12. The molecular formula is C16H17NO4. The van der Waals surface area contributed by atoms with E-state index < -0.39 is 0 Å². The van der Waals surface area contributed by atoms with Crippen LogP contribution in [0.2, 0.25) is 0 Å². The van der Waals surface area contributed by atoms with E-state index in [4.69, 9.17) is 4.74 Å². The third-order valence-corrected chi connectivity index (χ3v) is 3.30. The number of hydrogen-bond donors (Lipinski definition) is 1. The zero-order valence-electron chi connectivity index (χ0n) is 12.0. The van der Waals surface area contributed by atoms with E-state index in [0.29, 0.717) is 17.5 Å². The minimum absolute atomic E-state index is 0.159. The van der Waals surface area contributed by atoms with Gasteiger partial charge in [-0.15, -0.1) is 0 Å². The van der Waals surface area contributed by atoms with Gasteiger partial charge < -0.3 is 10.1 Å². The van der Waals surface area contributed by atoms with Crippen LogP contribution >= 0.6 is 0 Å². The molecule has 1 atom stereocenters. The van der Waals surface area contributed by atoms with Gasteiger partial charge in [-0.2, -0.15) is 0 Å². The van der Waals surface area contributed by atoms with Crippen LogP contribution in [-0.4, -0.2) is 30.2 Å². The van der Waals surface area contributed by atoms with Crippen molar-refractivity contribution in [2.24, 2.45) is 0 Å². The smallest absolute Gasteiger partial charge is 0.302 e. The van der Waals surface area contributed by atoms with E-state index in [1.54, 1.807) is 24.3 Å². The summed E-state index contributed by atoms with van der Waals surface area (Å²) in [5.74, 6) is -0.790. The minimum Gasteiger partial charge on any atom is -0.464 e. The van der Waals surface area contributed by atoms with Crippen LogP contribution in [0.3, 0.4) is 0 Å². The highest BCUT2D eigenvalue weighted by atomic mass is 16.5. The summed E-state index contributed by atoms with van der Waals surface area (Å²) in [5, 5.41) is 3.00. The van der Waals surface area contributed by atoms with Gasteiger partial charge in [-0.1, -0.05) is 31.2 Å². The molecular weight excluding hydrogens is 270 g/mol. The number of fused-ring (bicyclic) bond motifs is 1. The summed E-state index contributed by atoms with van der Waals surface area (Å²) >= 11 is 0. The Kier molecular flexibility index (Phi) is 4.52. The van der Waals surface area contributed by atoms with Crippen LogP contribution in [0.4, 0.5) is 0 Å². The summed E-state index contributed by atoms with van der Waals surface area (Å²) in [4.78, 5) is 35.2. The highest BCUT2D eigenvalue weighted by molar-refractivity contribution is 6.24. The number of ketones is 2. The molecule has 5 nitrogen and oxygen atoms in total. The first-order valence-electron chi connectivity index (χ1n) is 6.82. The minimum atomic E-state index is -0.374. The molecule has 1 aliphatic carbocycles. The zero-order valence-corrected chi connectivity index (χ0v) is 12.0. The van der Waals surface area contributed by atoms with Gasteiger partial charge in [0.1, 0.15) is 6.61 Å². The molecule has 1 aromatic rings. The van der Waals surface area contributed by atoms with Crippen molar-refractivity contribution in [3.8, 4) is 0 Å². The number of carbonyl (C=O) groups is 3. The molecule has 5 heteroatoms. The molecule has 1 aliphatic rings. The summed E-state index contributed by atoms with van der Waals surface area (Å²) in [5.41, 5.74) is 1.06. The van der Waals surface area contributed by atoms with E-state index in [1.165, 1.54) is 13.0 Å². The van der Waals surface area contributed by atoms with E-state index in [9.17, 15) is 14.4 Å². The molecule has 21 heavy (non-hydrogen) atoms. The number of ether oxygens (including phenoxy) is 1. The van der Waals surface area contributed by atoms with Gasteiger partial charge in [0.25, 0.3) is 0 Å². The highest BCUT2D eigenvalue weighted by Gasteiger charge is 2.26. The fourth-order valence-electron chi connectivity index (χ4n) is 2.12. The topological polar surface area (TPSA) is 72.5 Å². The number of hydrogen-bond acceptors (Lipinski definition) is 5. The normalized spacial score (nSPS) is 15.0. The van der Waals surface area contributed by atoms with Crippen LogP contribution in [0.15, 0.2) is 36.0 Å². The van der Waals surface area contributed by atoms with Gasteiger partial charge in [0.2, 0.25) is 5.78 Å². The highest BCUT2D eigenvalue weighted by Crippen LogP contribution is 2.20. The zero-order chi connectivity index (χ0) is 15.4. The molecule has 0 spiro atoms. The van der Waals surface area contributed by atoms with E-state index in [2.05, 4.69) is 5.32 Å². The quantitative estimate of drug-likeness (QED) is 0.837. The largest absolute Gasteiger partial charge is 0.464 e. The van der Waals surface area contributed by atoms with E-state index in [-0.39, 0.29) is 35.9 Å². The van der Waals surface area contributed by atoms with Crippen molar-refractivity contribution in [1.29, 1.82) is 0 Å². The maximum Gasteiger partial charge on any atom is 0.302 e. The monoisotopic (exact) mass is 287 g/mol. The Morgan fingerprint density at radius 1 is 1.24 bits per heavy atom. The molecule has 0 saturated carbocycles. The van der Waals surface area contributed by atoms with E-state index >= 15 is 0 Å². The number of rotatable bonds is 5. The Balaban J connectivity index is 2.16. The number of Topliss-reactive ketones (excluding diaryl/α,β-unsaturated/α-hetero) is 1. The average Bonchev–Trinajstić information content (AvgIpc) is 2.48. The first kappa shape index (κ1) is 15.0. The molecule has 0 heterocycles. The lowest BCUT2D eigenvalue weighted by molar-refractivity contribution is -0.141. The van der Waals surface area contributed by atoms with Crippen molar-refractivity contribution in [3.63, 3.8) is 0 Å². The molecule has 1 N–H and O–H groups in total. The lowest BCUT2D eigenvalue weighted by Crippen LogP contribution is -2.37. The second-order valence-electron chi connectivity index (χ2n) is 4.85.